The topological polar surface area (TPSA) is 90.8 Å². The number of sulfone groups is 1. The van der Waals surface area contributed by atoms with Crippen molar-refractivity contribution in [2.24, 2.45) is 4.99 Å². The molecule has 1 aromatic heterocycles. The molecule has 0 saturated carbocycles. The van der Waals surface area contributed by atoms with Gasteiger partial charge in [-0.25, -0.2) is 13.4 Å². The predicted octanol–water partition coefficient (Wildman–Crippen LogP) is 2.59. The minimum atomic E-state index is -3.20. The molecule has 1 heterocycles. The molecule has 9 heteroatoms. The van der Waals surface area contributed by atoms with Crippen LogP contribution >= 0.6 is 22.9 Å². The van der Waals surface area contributed by atoms with E-state index in [9.17, 15) is 13.5 Å². The molecule has 1 unspecified atom stereocenters. The van der Waals surface area contributed by atoms with E-state index >= 15 is 0 Å². The van der Waals surface area contributed by atoms with E-state index in [4.69, 9.17) is 11.6 Å². The summed E-state index contributed by atoms with van der Waals surface area (Å²) in [4.78, 5) is 5.53. The maximum atomic E-state index is 11.5. The van der Waals surface area contributed by atoms with Gasteiger partial charge in [-0.2, -0.15) is 0 Å². The number of aliphatic imine (C=N–C) groups is 1. The van der Waals surface area contributed by atoms with Crippen LogP contribution in [0.5, 0.6) is 0 Å². The van der Waals surface area contributed by atoms with E-state index in [0.717, 1.165) is 10.4 Å². The van der Waals surface area contributed by atoms with Gasteiger partial charge >= 0.3 is 0 Å². The quantitative estimate of drug-likeness (QED) is 0.477. The molecule has 2 aromatic rings. The molecular formula is C17H22ClN3O3S2. The molecule has 1 aromatic carbocycles. The summed E-state index contributed by atoms with van der Waals surface area (Å²) in [5.41, 5.74) is 0.889. The lowest BCUT2D eigenvalue weighted by Crippen LogP contribution is -2.39. The minimum Gasteiger partial charge on any atom is -0.386 e. The second-order valence-corrected chi connectivity index (χ2v) is 9.41. The lowest BCUT2D eigenvalue weighted by molar-refractivity contribution is 0.184. The van der Waals surface area contributed by atoms with Gasteiger partial charge in [0.1, 0.15) is 6.10 Å². The van der Waals surface area contributed by atoms with Crippen molar-refractivity contribution in [2.45, 2.75) is 24.5 Å². The average molecular weight is 416 g/mol. The number of benzene rings is 1. The molecule has 0 aliphatic rings. The Morgan fingerprint density at radius 3 is 2.46 bits per heavy atom. The van der Waals surface area contributed by atoms with Gasteiger partial charge in [0.2, 0.25) is 0 Å². The first kappa shape index (κ1) is 20.7. The summed E-state index contributed by atoms with van der Waals surface area (Å²) in [5.74, 6) is 0.571. The standard InChI is InChI=1S/C17H22ClN3O3S2/c1-3-19-17(21-11-14(22)15-8-9-16(18)25-15)20-10-12-4-6-13(7-5-12)26(2,23)24/h4-9,14,22H,3,10-11H2,1-2H3,(H2,19,20,21). The van der Waals surface area contributed by atoms with Crippen LogP contribution in [0.1, 0.15) is 23.5 Å². The molecule has 0 bridgehead atoms. The van der Waals surface area contributed by atoms with Crippen LogP contribution in [0.25, 0.3) is 0 Å². The van der Waals surface area contributed by atoms with Crippen molar-refractivity contribution in [3.05, 3.63) is 51.2 Å². The van der Waals surface area contributed by atoms with Gasteiger partial charge in [-0.1, -0.05) is 23.7 Å². The number of rotatable bonds is 7. The predicted molar refractivity (Wildman–Crippen MR) is 107 cm³/mol. The van der Waals surface area contributed by atoms with Crippen LogP contribution in [0, 0.1) is 0 Å². The molecular weight excluding hydrogens is 394 g/mol. The van der Waals surface area contributed by atoms with Crippen molar-refractivity contribution in [1.29, 1.82) is 0 Å². The molecule has 142 valence electrons. The van der Waals surface area contributed by atoms with Gasteiger partial charge in [0, 0.05) is 24.2 Å². The van der Waals surface area contributed by atoms with Crippen LogP contribution in [0.2, 0.25) is 4.34 Å². The third-order valence-electron chi connectivity index (χ3n) is 3.50. The lowest BCUT2D eigenvalue weighted by atomic mass is 10.2. The van der Waals surface area contributed by atoms with Crippen molar-refractivity contribution >= 4 is 38.7 Å². The normalized spacial score (nSPS) is 13.5. The Morgan fingerprint density at radius 1 is 1.23 bits per heavy atom. The number of halogens is 1. The zero-order chi connectivity index (χ0) is 19.2. The lowest BCUT2D eigenvalue weighted by Gasteiger charge is -2.14. The van der Waals surface area contributed by atoms with Crippen molar-refractivity contribution < 1.29 is 13.5 Å². The van der Waals surface area contributed by atoms with Crippen molar-refractivity contribution in [1.82, 2.24) is 10.6 Å². The number of hydrogen-bond acceptors (Lipinski definition) is 5. The molecule has 6 nitrogen and oxygen atoms in total. The highest BCUT2D eigenvalue weighted by molar-refractivity contribution is 7.90. The Hall–Kier alpha value is -1.61. The Labute approximate surface area is 162 Å². The molecule has 26 heavy (non-hydrogen) atoms. The highest BCUT2D eigenvalue weighted by Crippen LogP contribution is 2.26. The molecule has 3 N–H and O–H groups in total. The number of hydrogen-bond donors (Lipinski definition) is 3. The molecule has 2 rings (SSSR count). The molecule has 1 atom stereocenters. The van der Waals surface area contributed by atoms with Crippen LogP contribution < -0.4 is 10.6 Å². The second-order valence-electron chi connectivity index (χ2n) is 5.65. The fourth-order valence-electron chi connectivity index (χ4n) is 2.16. The molecule has 0 spiro atoms. The van der Waals surface area contributed by atoms with Crippen molar-refractivity contribution in [2.75, 3.05) is 19.3 Å². The maximum absolute atomic E-state index is 11.5. The summed E-state index contributed by atoms with van der Waals surface area (Å²) in [7, 11) is -3.20. The van der Waals surface area contributed by atoms with Gasteiger partial charge in [-0.05, 0) is 36.8 Å². The average Bonchev–Trinajstić information content (AvgIpc) is 3.03. The highest BCUT2D eigenvalue weighted by atomic mass is 35.5. The summed E-state index contributed by atoms with van der Waals surface area (Å²) in [5, 5.41) is 16.4. The smallest absolute Gasteiger partial charge is 0.191 e. The number of nitrogens with zero attached hydrogens (tertiary/aromatic N) is 1. The Kier molecular flexibility index (Phi) is 7.45. The molecule has 0 fully saturated rings. The van der Waals surface area contributed by atoms with Gasteiger partial charge < -0.3 is 15.7 Å². The van der Waals surface area contributed by atoms with E-state index in [0.29, 0.717) is 29.9 Å². The number of aliphatic hydroxyl groups is 1. The van der Waals surface area contributed by atoms with E-state index in [2.05, 4.69) is 15.6 Å². The van der Waals surface area contributed by atoms with Gasteiger partial charge in [-0.15, -0.1) is 11.3 Å². The van der Waals surface area contributed by atoms with Gasteiger partial charge in [-0.3, -0.25) is 0 Å². The largest absolute Gasteiger partial charge is 0.386 e. The third-order valence-corrected chi connectivity index (χ3v) is 5.96. The number of nitrogens with one attached hydrogen (secondary N) is 2. The number of guanidine groups is 1. The minimum absolute atomic E-state index is 0.285. The monoisotopic (exact) mass is 415 g/mol. The molecule has 0 aliphatic heterocycles. The van der Waals surface area contributed by atoms with E-state index in [1.54, 1.807) is 36.4 Å². The van der Waals surface area contributed by atoms with Crippen LogP contribution in [0.4, 0.5) is 0 Å². The summed E-state index contributed by atoms with van der Waals surface area (Å²) < 4.78 is 23.6. The Bertz CT molecular complexity index is 848. The van der Waals surface area contributed by atoms with Crippen LogP contribution in [0.15, 0.2) is 46.3 Å². The number of thiophene rings is 1. The third kappa shape index (κ3) is 6.28. The van der Waals surface area contributed by atoms with Crippen LogP contribution in [-0.4, -0.2) is 38.8 Å². The first-order chi connectivity index (χ1) is 12.3. The van der Waals surface area contributed by atoms with E-state index in [-0.39, 0.29) is 4.90 Å². The Morgan fingerprint density at radius 2 is 1.92 bits per heavy atom. The summed E-state index contributed by atoms with van der Waals surface area (Å²) >= 11 is 7.23. The van der Waals surface area contributed by atoms with E-state index in [1.165, 1.54) is 17.6 Å². The van der Waals surface area contributed by atoms with Gasteiger partial charge in [0.25, 0.3) is 0 Å². The maximum Gasteiger partial charge on any atom is 0.191 e. The molecule has 0 aliphatic carbocycles. The summed E-state index contributed by atoms with van der Waals surface area (Å²) in [6.07, 6.45) is 0.504. The number of aliphatic hydroxyl groups excluding tert-OH is 1. The van der Waals surface area contributed by atoms with Crippen LogP contribution in [-0.2, 0) is 16.4 Å². The van der Waals surface area contributed by atoms with Crippen molar-refractivity contribution in [3.8, 4) is 0 Å². The highest BCUT2D eigenvalue weighted by Gasteiger charge is 2.11. The summed E-state index contributed by atoms with van der Waals surface area (Å²) in [6.45, 7) is 3.32. The van der Waals surface area contributed by atoms with Gasteiger partial charge in [0.05, 0.1) is 15.8 Å². The van der Waals surface area contributed by atoms with Crippen LogP contribution in [0.3, 0.4) is 0 Å². The SMILES string of the molecule is CCNC(=NCc1ccc(S(C)(=O)=O)cc1)NCC(O)c1ccc(Cl)s1. The van der Waals surface area contributed by atoms with E-state index in [1.807, 2.05) is 6.92 Å². The van der Waals surface area contributed by atoms with Crippen molar-refractivity contribution in [3.63, 3.8) is 0 Å². The zero-order valence-electron chi connectivity index (χ0n) is 14.6. The fraction of sp³-hybridized carbons (Fsp3) is 0.353. The second kappa shape index (κ2) is 9.36. The Balaban J connectivity index is 1.97. The first-order valence-corrected chi connectivity index (χ1v) is 11.1. The molecule has 0 radical (unpaired) electrons. The zero-order valence-corrected chi connectivity index (χ0v) is 17.0. The van der Waals surface area contributed by atoms with E-state index < -0.39 is 15.9 Å². The molecule has 0 amide bonds. The fourth-order valence-corrected chi connectivity index (χ4v) is 3.83. The molecule has 0 saturated heterocycles. The summed E-state index contributed by atoms with van der Waals surface area (Å²) in [6, 6.07) is 10.2. The van der Waals surface area contributed by atoms with Gasteiger partial charge in [0.15, 0.2) is 15.8 Å². The first-order valence-electron chi connectivity index (χ1n) is 8.04.